The molecule has 0 saturated carbocycles. The zero-order chi connectivity index (χ0) is 22.5. The summed E-state index contributed by atoms with van der Waals surface area (Å²) < 4.78 is 46.8. The second-order valence-corrected chi connectivity index (χ2v) is 7.14. The fourth-order valence-electron chi connectivity index (χ4n) is 3.43. The van der Waals surface area contributed by atoms with Crippen molar-refractivity contribution >= 4 is 17.3 Å². The third kappa shape index (κ3) is 5.59. The highest BCUT2D eigenvalue weighted by Gasteiger charge is 2.31. The van der Waals surface area contributed by atoms with Crippen molar-refractivity contribution in [3.05, 3.63) is 47.6 Å². The molecule has 0 unspecified atom stereocenters. The Bertz CT molecular complexity index is 883. The molecule has 8 heteroatoms. The number of aryl methyl sites for hydroxylation is 1. The number of ether oxygens (including phenoxy) is 2. The lowest BCUT2D eigenvalue weighted by Crippen LogP contribution is -2.35. The highest BCUT2D eigenvalue weighted by atomic mass is 35.5. The van der Waals surface area contributed by atoms with E-state index < -0.39 is 6.36 Å². The Labute approximate surface area is 180 Å². The molecular weight excluding hydrogens is 417 g/mol. The van der Waals surface area contributed by atoms with Gasteiger partial charge in [-0.05, 0) is 43.5 Å². The second kappa shape index (κ2) is 10.1. The molecule has 30 heavy (non-hydrogen) atoms. The molecule has 2 aromatic rings. The van der Waals surface area contributed by atoms with Gasteiger partial charge in [0.15, 0.2) is 5.15 Å². The quantitative estimate of drug-likeness (QED) is 0.316. The van der Waals surface area contributed by atoms with Crippen LogP contribution in [0.1, 0.15) is 32.3 Å². The first-order valence-corrected chi connectivity index (χ1v) is 10.0. The summed E-state index contributed by atoms with van der Waals surface area (Å²) in [5.74, 6) is -0.159. The number of halogens is 4. The summed E-state index contributed by atoms with van der Waals surface area (Å²) in [5, 5.41) is 0.307. The van der Waals surface area contributed by atoms with E-state index in [1.54, 1.807) is 0 Å². The molecule has 4 nitrogen and oxygen atoms in total. The Kier molecular flexibility index (Phi) is 8.01. The van der Waals surface area contributed by atoms with Crippen LogP contribution in [0, 0.1) is 6.92 Å². The Morgan fingerprint density at radius 2 is 1.90 bits per heavy atom. The lowest BCUT2D eigenvalue weighted by atomic mass is 10.0. The van der Waals surface area contributed by atoms with Crippen LogP contribution >= 0.6 is 11.6 Å². The van der Waals surface area contributed by atoms with E-state index in [4.69, 9.17) is 16.3 Å². The Hall–Kier alpha value is -2.41. The minimum atomic E-state index is -4.78. The molecule has 0 N–H and O–H groups in total. The van der Waals surface area contributed by atoms with E-state index in [0.29, 0.717) is 23.0 Å². The van der Waals surface area contributed by atoms with Crippen LogP contribution < -0.4 is 14.4 Å². The van der Waals surface area contributed by atoms with E-state index in [1.807, 2.05) is 19.1 Å². The number of aromatic nitrogens is 1. The molecule has 1 heterocycles. The van der Waals surface area contributed by atoms with Gasteiger partial charge in [-0.25, -0.2) is 4.98 Å². The molecule has 2 rings (SSSR count). The second-order valence-electron chi connectivity index (χ2n) is 6.79. The number of rotatable bonds is 9. The molecule has 0 saturated heterocycles. The molecule has 0 bridgehead atoms. The largest absolute Gasteiger partial charge is 0.573 e. The van der Waals surface area contributed by atoms with Crippen LogP contribution in [0.25, 0.3) is 11.3 Å². The summed E-state index contributed by atoms with van der Waals surface area (Å²) in [4.78, 5) is 6.72. The number of nitrogens with zero attached hydrogens (tertiary/aromatic N) is 2. The normalized spacial score (nSPS) is 11.5. The number of alkyl halides is 3. The van der Waals surface area contributed by atoms with Gasteiger partial charge in [0.25, 0.3) is 0 Å². The number of benzene rings is 1. The van der Waals surface area contributed by atoms with Crippen molar-refractivity contribution in [1.82, 2.24) is 4.98 Å². The van der Waals surface area contributed by atoms with Gasteiger partial charge in [0.2, 0.25) is 0 Å². The summed E-state index contributed by atoms with van der Waals surface area (Å²) in [5.41, 5.74) is 2.66. The predicted octanol–water partition coefficient (Wildman–Crippen LogP) is 6.80. The van der Waals surface area contributed by atoms with E-state index in [-0.39, 0.29) is 17.5 Å². The average molecular weight is 443 g/mol. The van der Waals surface area contributed by atoms with Crippen molar-refractivity contribution in [2.24, 2.45) is 0 Å². The van der Waals surface area contributed by atoms with Gasteiger partial charge in [-0.2, -0.15) is 0 Å². The third-order valence-corrected chi connectivity index (χ3v) is 5.11. The standard InChI is InChI=1S/C22H26ClF3N2O2/c1-6-11-28(15(7-2)8-3)18-12-14(4)20(27-21(18)23)17-10-9-16(13-19(17)29-5)30-22(24,25)26/h6,9-10,12-13,15H,1,7-8,11H2,2-5H3. The van der Waals surface area contributed by atoms with Crippen molar-refractivity contribution < 1.29 is 22.6 Å². The van der Waals surface area contributed by atoms with Crippen molar-refractivity contribution in [3.8, 4) is 22.8 Å². The highest BCUT2D eigenvalue weighted by molar-refractivity contribution is 6.32. The molecule has 0 fully saturated rings. The van der Waals surface area contributed by atoms with E-state index in [9.17, 15) is 13.2 Å². The number of anilines is 1. The van der Waals surface area contributed by atoms with Crippen LogP contribution in [-0.2, 0) is 0 Å². The smallest absolute Gasteiger partial charge is 0.496 e. The topological polar surface area (TPSA) is 34.6 Å². The summed E-state index contributed by atoms with van der Waals surface area (Å²) in [7, 11) is 1.38. The van der Waals surface area contributed by atoms with Crippen LogP contribution in [0.5, 0.6) is 11.5 Å². The van der Waals surface area contributed by atoms with Crippen LogP contribution in [0.15, 0.2) is 36.9 Å². The number of hydrogen-bond donors (Lipinski definition) is 0. The van der Waals surface area contributed by atoms with Crippen LogP contribution in [0.4, 0.5) is 18.9 Å². The first-order chi connectivity index (χ1) is 14.1. The molecular formula is C22H26ClF3N2O2. The van der Waals surface area contributed by atoms with Gasteiger partial charge in [0.05, 0.1) is 18.5 Å². The van der Waals surface area contributed by atoms with Gasteiger partial charge in [-0.15, -0.1) is 19.8 Å². The first-order valence-electron chi connectivity index (χ1n) is 9.63. The van der Waals surface area contributed by atoms with Crippen LogP contribution in [0.2, 0.25) is 5.15 Å². The first kappa shape index (κ1) is 23.9. The lowest BCUT2D eigenvalue weighted by Gasteiger charge is -2.32. The average Bonchev–Trinajstić information content (AvgIpc) is 2.68. The van der Waals surface area contributed by atoms with Gasteiger partial charge in [-0.1, -0.05) is 31.5 Å². The molecule has 1 aromatic heterocycles. The zero-order valence-electron chi connectivity index (χ0n) is 17.5. The highest BCUT2D eigenvalue weighted by Crippen LogP contribution is 2.38. The summed E-state index contributed by atoms with van der Waals surface area (Å²) >= 11 is 6.55. The van der Waals surface area contributed by atoms with E-state index in [0.717, 1.165) is 24.1 Å². The predicted molar refractivity (Wildman–Crippen MR) is 115 cm³/mol. The third-order valence-electron chi connectivity index (χ3n) is 4.83. The minimum Gasteiger partial charge on any atom is -0.496 e. The van der Waals surface area contributed by atoms with Gasteiger partial charge >= 0.3 is 6.36 Å². The number of pyridine rings is 1. The van der Waals surface area contributed by atoms with E-state index >= 15 is 0 Å². The zero-order valence-corrected chi connectivity index (χ0v) is 18.3. The fraction of sp³-hybridized carbons (Fsp3) is 0.409. The Morgan fingerprint density at radius 3 is 2.43 bits per heavy atom. The maximum absolute atomic E-state index is 12.5. The molecule has 164 valence electrons. The molecule has 0 spiro atoms. The van der Waals surface area contributed by atoms with Crippen molar-refractivity contribution in [2.45, 2.75) is 46.0 Å². The van der Waals surface area contributed by atoms with Crippen LogP contribution in [-0.4, -0.2) is 31.0 Å². The monoisotopic (exact) mass is 442 g/mol. The molecule has 0 radical (unpaired) electrons. The van der Waals surface area contributed by atoms with Gasteiger partial charge in [-0.3, -0.25) is 0 Å². The fourth-order valence-corrected chi connectivity index (χ4v) is 3.68. The van der Waals surface area contributed by atoms with Crippen molar-refractivity contribution in [2.75, 3.05) is 18.6 Å². The van der Waals surface area contributed by atoms with Gasteiger partial charge in [0, 0.05) is 24.2 Å². The Morgan fingerprint density at radius 1 is 1.23 bits per heavy atom. The van der Waals surface area contributed by atoms with Crippen molar-refractivity contribution in [3.63, 3.8) is 0 Å². The maximum Gasteiger partial charge on any atom is 0.573 e. The number of hydrogen-bond acceptors (Lipinski definition) is 4. The lowest BCUT2D eigenvalue weighted by molar-refractivity contribution is -0.274. The summed E-state index contributed by atoms with van der Waals surface area (Å²) in [6.45, 7) is 10.6. The number of methoxy groups -OCH3 is 1. The molecule has 0 aliphatic rings. The molecule has 1 aromatic carbocycles. The van der Waals surface area contributed by atoms with Gasteiger partial charge in [0.1, 0.15) is 11.5 Å². The van der Waals surface area contributed by atoms with Gasteiger partial charge < -0.3 is 14.4 Å². The SMILES string of the molecule is C=CCN(c1cc(C)c(-c2ccc(OC(F)(F)F)cc2OC)nc1Cl)C(CC)CC. The maximum atomic E-state index is 12.5. The Balaban J connectivity index is 2.52. The molecule has 0 aliphatic heterocycles. The molecule has 0 amide bonds. The van der Waals surface area contributed by atoms with E-state index in [2.05, 4.69) is 35.0 Å². The van der Waals surface area contributed by atoms with Crippen molar-refractivity contribution in [1.29, 1.82) is 0 Å². The summed E-state index contributed by atoms with van der Waals surface area (Å²) in [6, 6.07) is 6.10. The minimum absolute atomic E-state index is 0.208. The summed E-state index contributed by atoms with van der Waals surface area (Å²) in [6.07, 6.45) is -1.08. The molecule has 0 atom stereocenters. The molecule has 0 aliphatic carbocycles. The van der Waals surface area contributed by atoms with Crippen LogP contribution in [0.3, 0.4) is 0 Å². The van der Waals surface area contributed by atoms with E-state index in [1.165, 1.54) is 25.3 Å².